The summed E-state index contributed by atoms with van der Waals surface area (Å²) in [5, 5.41) is 2.67. The van der Waals surface area contributed by atoms with Crippen molar-refractivity contribution in [2.45, 2.75) is 26.9 Å². The van der Waals surface area contributed by atoms with E-state index < -0.39 is 6.09 Å². The predicted octanol–water partition coefficient (Wildman–Crippen LogP) is 3.71. The second-order valence-corrected chi connectivity index (χ2v) is 4.42. The molecule has 0 saturated heterocycles. The quantitative estimate of drug-likeness (QED) is 0.891. The molecule has 1 amide bonds. The molecule has 3 nitrogen and oxygen atoms in total. The van der Waals surface area contributed by atoms with Gasteiger partial charge in [0, 0.05) is 4.47 Å². The second kappa shape index (κ2) is 5.16. The van der Waals surface area contributed by atoms with Crippen LogP contribution in [0.4, 0.5) is 10.5 Å². The lowest BCUT2D eigenvalue weighted by atomic mass is 10.2. The average molecular weight is 272 g/mol. The Hall–Kier alpha value is -1.03. The van der Waals surface area contributed by atoms with Crippen molar-refractivity contribution in [1.82, 2.24) is 0 Å². The molecule has 0 atom stereocenters. The van der Waals surface area contributed by atoms with E-state index in [9.17, 15) is 4.79 Å². The van der Waals surface area contributed by atoms with E-state index in [4.69, 9.17) is 4.74 Å². The van der Waals surface area contributed by atoms with Crippen LogP contribution >= 0.6 is 15.9 Å². The summed E-state index contributed by atoms with van der Waals surface area (Å²) in [6, 6.07) is 5.73. The highest BCUT2D eigenvalue weighted by Gasteiger charge is 2.07. The summed E-state index contributed by atoms with van der Waals surface area (Å²) in [5.74, 6) is 0. The summed E-state index contributed by atoms with van der Waals surface area (Å²) < 4.78 is 5.82. The fourth-order valence-corrected chi connectivity index (χ4v) is 1.43. The van der Waals surface area contributed by atoms with Crippen LogP contribution in [0.5, 0.6) is 0 Å². The Balaban J connectivity index is 2.71. The maximum absolute atomic E-state index is 11.3. The summed E-state index contributed by atoms with van der Waals surface area (Å²) in [5.41, 5.74) is 1.80. The van der Waals surface area contributed by atoms with Gasteiger partial charge in [-0.25, -0.2) is 4.79 Å². The van der Waals surface area contributed by atoms with Crippen molar-refractivity contribution in [1.29, 1.82) is 0 Å². The monoisotopic (exact) mass is 271 g/mol. The molecule has 0 aliphatic heterocycles. The molecular weight excluding hydrogens is 258 g/mol. The van der Waals surface area contributed by atoms with Crippen molar-refractivity contribution < 1.29 is 9.53 Å². The van der Waals surface area contributed by atoms with E-state index in [2.05, 4.69) is 21.2 Å². The summed E-state index contributed by atoms with van der Waals surface area (Å²) in [6.07, 6.45) is -0.551. The summed E-state index contributed by atoms with van der Waals surface area (Å²) >= 11 is 3.35. The molecule has 0 fully saturated rings. The Morgan fingerprint density at radius 3 is 2.73 bits per heavy atom. The highest BCUT2D eigenvalue weighted by atomic mass is 79.9. The lowest BCUT2D eigenvalue weighted by molar-refractivity contribution is 0.130. The fraction of sp³-hybridized carbons (Fsp3) is 0.364. The molecule has 82 valence electrons. The van der Waals surface area contributed by atoms with Gasteiger partial charge in [-0.15, -0.1) is 0 Å². The molecule has 0 saturated carbocycles. The molecule has 1 aromatic carbocycles. The van der Waals surface area contributed by atoms with Crippen LogP contribution in [0.2, 0.25) is 0 Å². The molecular formula is C11H14BrNO2. The number of hydrogen-bond acceptors (Lipinski definition) is 2. The maximum Gasteiger partial charge on any atom is 0.411 e. The first kappa shape index (κ1) is 12.0. The Morgan fingerprint density at radius 1 is 1.47 bits per heavy atom. The van der Waals surface area contributed by atoms with Crippen molar-refractivity contribution in [2.24, 2.45) is 0 Å². The number of carbonyl (C=O) groups excluding carboxylic acids is 1. The number of hydrogen-bond donors (Lipinski definition) is 1. The predicted molar refractivity (Wildman–Crippen MR) is 64.1 cm³/mol. The molecule has 1 rings (SSSR count). The topological polar surface area (TPSA) is 38.3 Å². The third kappa shape index (κ3) is 3.91. The summed E-state index contributed by atoms with van der Waals surface area (Å²) in [4.78, 5) is 11.3. The van der Waals surface area contributed by atoms with Gasteiger partial charge in [-0.2, -0.15) is 0 Å². The van der Waals surface area contributed by atoms with Crippen LogP contribution in [0.25, 0.3) is 0 Å². The van der Waals surface area contributed by atoms with Gasteiger partial charge >= 0.3 is 6.09 Å². The zero-order chi connectivity index (χ0) is 11.4. The first-order chi connectivity index (χ1) is 6.99. The van der Waals surface area contributed by atoms with Gasteiger partial charge in [0.15, 0.2) is 0 Å². The minimum absolute atomic E-state index is 0.117. The van der Waals surface area contributed by atoms with Crippen LogP contribution in [0.1, 0.15) is 19.4 Å². The number of nitrogens with one attached hydrogen (secondary N) is 1. The molecule has 0 aliphatic rings. The standard InChI is InChI=1S/C11H14BrNO2/c1-7(2)15-11(14)13-10-6-8(3)4-5-9(10)12/h4-7H,1-3H3,(H,13,14). The molecule has 0 aliphatic carbocycles. The number of amides is 1. The van der Waals surface area contributed by atoms with Crippen LogP contribution in [-0.2, 0) is 4.74 Å². The normalized spacial score (nSPS) is 10.2. The first-order valence-electron chi connectivity index (χ1n) is 4.73. The summed E-state index contributed by atoms with van der Waals surface area (Å²) in [7, 11) is 0. The van der Waals surface area contributed by atoms with E-state index in [0.29, 0.717) is 0 Å². The molecule has 0 bridgehead atoms. The average Bonchev–Trinajstić information content (AvgIpc) is 2.10. The summed E-state index contributed by atoms with van der Waals surface area (Å²) in [6.45, 7) is 5.58. The van der Waals surface area contributed by atoms with Gasteiger partial charge in [0.1, 0.15) is 0 Å². The van der Waals surface area contributed by atoms with Crippen LogP contribution in [0, 0.1) is 6.92 Å². The van der Waals surface area contributed by atoms with E-state index in [1.807, 2.05) is 39.0 Å². The van der Waals surface area contributed by atoms with Crippen LogP contribution in [-0.4, -0.2) is 12.2 Å². The lowest BCUT2D eigenvalue weighted by Crippen LogP contribution is -2.18. The highest BCUT2D eigenvalue weighted by Crippen LogP contribution is 2.23. The van der Waals surface area contributed by atoms with Gasteiger partial charge in [-0.05, 0) is 54.4 Å². The molecule has 0 unspecified atom stereocenters. The Bertz CT molecular complexity index is 364. The number of anilines is 1. The fourth-order valence-electron chi connectivity index (χ4n) is 1.09. The molecule has 0 heterocycles. The zero-order valence-corrected chi connectivity index (χ0v) is 10.6. The van der Waals surface area contributed by atoms with E-state index in [0.717, 1.165) is 15.7 Å². The minimum atomic E-state index is -0.434. The van der Waals surface area contributed by atoms with Crippen LogP contribution < -0.4 is 5.32 Å². The molecule has 15 heavy (non-hydrogen) atoms. The Kier molecular flexibility index (Phi) is 4.15. The van der Waals surface area contributed by atoms with Crippen molar-refractivity contribution in [2.75, 3.05) is 5.32 Å². The minimum Gasteiger partial charge on any atom is -0.447 e. The van der Waals surface area contributed by atoms with Crippen LogP contribution in [0.3, 0.4) is 0 Å². The first-order valence-corrected chi connectivity index (χ1v) is 5.52. The van der Waals surface area contributed by atoms with Gasteiger partial charge in [0.05, 0.1) is 11.8 Å². The van der Waals surface area contributed by atoms with E-state index in [1.54, 1.807) is 0 Å². The van der Waals surface area contributed by atoms with E-state index in [1.165, 1.54) is 0 Å². The maximum atomic E-state index is 11.3. The third-order valence-electron chi connectivity index (χ3n) is 1.70. The van der Waals surface area contributed by atoms with E-state index >= 15 is 0 Å². The van der Waals surface area contributed by atoms with Crippen molar-refractivity contribution in [3.63, 3.8) is 0 Å². The lowest BCUT2D eigenvalue weighted by Gasteiger charge is -2.11. The number of halogens is 1. The second-order valence-electron chi connectivity index (χ2n) is 3.56. The van der Waals surface area contributed by atoms with Gasteiger partial charge in [0.2, 0.25) is 0 Å². The zero-order valence-electron chi connectivity index (χ0n) is 9.00. The molecule has 4 heteroatoms. The largest absolute Gasteiger partial charge is 0.447 e. The number of rotatable bonds is 2. The van der Waals surface area contributed by atoms with Gasteiger partial charge in [-0.1, -0.05) is 6.07 Å². The molecule has 1 N–H and O–H groups in total. The number of benzene rings is 1. The third-order valence-corrected chi connectivity index (χ3v) is 2.39. The number of carbonyl (C=O) groups is 1. The SMILES string of the molecule is Cc1ccc(Br)c(NC(=O)OC(C)C)c1. The number of aryl methyl sites for hydroxylation is 1. The van der Waals surface area contributed by atoms with Gasteiger partial charge < -0.3 is 4.74 Å². The number of ether oxygens (including phenoxy) is 1. The van der Waals surface area contributed by atoms with E-state index in [-0.39, 0.29) is 6.10 Å². The van der Waals surface area contributed by atoms with Crippen LogP contribution in [0.15, 0.2) is 22.7 Å². The highest BCUT2D eigenvalue weighted by molar-refractivity contribution is 9.10. The Morgan fingerprint density at radius 2 is 2.13 bits per heavy atom. The van der Waals surface area contributed by atoms with Crippen molar-refractivity contribution in [3.8, 4) is 0 Å². The molecule has 0 spiro atoms. The van der Waals surface area contributed by atoms with Crippen molar-refractivity contribution in [3.05, 3.63) is 28.2 Å². The molecule has 0 aromatic heterocycles. The molecule has 0 radical (unpaired) electrons. The molecule has 1 aromatic rings. The van der Waals surface area contributed by atoms with Crippen molar-refractivity contribution >= 4 is 27.7 Å². The van der Waals surface area contributed by atoms with Gasteiger partial charge in [-0.3, -0.25) is 5.32 Å². The van der Waals surface area contributed by atoms with Gasteiger partial charge in [0.25, 0.3) is 0 Å². The smallest absolute Gasteiger partial charge is 0.411 e. The Labute approximate surface area is 97.9 Å².